The summed E-state index contributed by atoms with van der Waals surface area (Å²) in [4.78, 5) is 5.47. The van der Waals surface area contributed by atoms with Gasteiger partial charge in [-0.25, -0.2) is 4.68 Å². The Hall–Kier alpha value is -2.38. The third kappa shape index (κ3) is 2.69. The molecule has 0 unspecified atom stereocenters. The zero-order valence-corrected chi connectivity index (χ0v) is 13.8. The summed E-state index contributed by atoms with van der Waals surface area (Å²) < 4.78 is 7.22. The molecule has 0 N–H and O–H groups in total. The second-order valence-electron chi connectivity index (χ2n) is 4.73. The summed E-state index contributed by atoms with van der Waals surface area (Å²) in [6, 6.07) is 13.9. The Morgan fingerprint density at radius 1 is 1.13 bits per heavy atom. The first-order valence-corrected chi connectivity index (χ1v) is 9.02. The van der Waals surface area contributed by atoms with Crippen molar-refractivity contribution in [3.63, 3.8) is 0 Å². The van der Waals surface area contributed by atoms with Crippen LogP contribution in [0.25, 0.3) is 27.8 Å². The molecule has 0 saturated heterocycles. The van der Waals surface area contributed by atoms with Crippen molar-refractivity contribution in [2.24, 2.45) is 0 Å². The lowest BCUT2D eigenvalue weighted by Gasteiger charge is -1.98. The van der Waals surface area contributed by atoms with E-state index in [4.69, 9.17) is 4.52 Å². The van der Waals surface area contributed by atoms with Crippen LogP contribution in [0, 0.1) is 0 Å². The molecule has 0 fully saturated rings. The number of aromatic nitrogens is 4. The van der Waals surface area contributed by atoms with E-state index in [9.17, 15) is 0 Å². The fraction of sp³-hybridized carbons (Fsp3) is 0.0625. The lowest BCUT2D eigenvalue weighted by Crippen LogP contribution is -1.93. The van der Waals surface area contributed by atoms with Gasteiger partial charge >= 0.3 is 0 Å². The van der Waals surface area contributed by atoms with Gasteiger partial charge in [0.05, 0.1) is 16.1 Å². The van der Waals surface area contributed by atoms with Gasteiger partial charge in [-0.1, -0.05) is 29.4 Å². The number of para-hydroxylation sites is 1. The van der Waals surface area contributed by atoms with E-state index in [2.05, 4.69) is 15.2 Å². The number of benzene rings is 1. The summed E-state index contributed by atoms with van der Waals surface area (Å²) >= 11 is 3.14. The van der Waals surface area contributed by atoms with E-state index in [1.807, 2.05) is 65.0 Å². The highest BCUT2D eigenvalue weighted by atomic mass is 32.2. The molecule has 1 aromatic carbocycles. The molecule has 5 nitrogen and oxygen atoms in total. The van der Waals surface area contributed by atoms with Crippen molar-refractivity contribution in [2.45, 2.75) is 5.03 Å². The predicted octanol–water partition coefficient (Wildman–Crippen LogP) is 4.37. The Kier molecular flexibility index (Phi) is 3.72. The van der Waals surface area contributed by atoms with E-state index >= 15 is 0 Å². The minimum absolute atomic E-state index is 0.537. The Morgan fingerprint density at radius 3 is 2.74 bits per heavy atom. The predicted molar refractivity (Wildman–Crippen MR) is 92.0 cm³/mol. The van der Waals surface area contributed by atoms with E-state index in [0.29, 0.717) is 11.7 Å². The highest BCUT2D eigenvalue weighted by molar-refractivity contribution is 7.98. The minimum Gasteiger partial charge on any atom is -0.333 e. The molecule has 23 heavy (non-hydrogen) atoms. The quantitative estimate of drug-likeness (QED) is 0.516. The lowest BCUT2D eigenvalue weighted by molar-refractivity contribution is 0.433. The zero-order valence-electron chi connectivity index (χ0n) is 12.2. The molecule has 4 rings (SSSR count). The van der Waals surface area contributed by atoms with Crippen molar-refractivity contribution < 1.29 is 4.52 Å². The van der Waals surface area contributed by atoms with Crippen LogP contribution in [0.5, 0.6) is 0 Å². The molecule has 4 aromatic rings. The van der Waals surface area contributed by atoms with Crippen LogP contribution < -0.4 is 0 Å². The van der Waals surface area contributed by atoms with Crippen molar-refractivity contribution in [3.05, 3.63) is 54.0 Å². The average Bonchev–Trinajstić information content (AvgIpc) is 3.33. The standard InChI is InChI=1S/C16H12N4OS2/c1-22-16-12(10-20(18-16)11-6-3-2-4-7-11)14-17-15(21-19-14)13-8-5-9-23-13/h2-10H,1H3. The maximum absolute atomic E-state index is 5.38. The van der Waals surface area contributed by atoms with E-state index in [1.54, 1.807) is 23.1 Å². The van der Waals surface area contributed by atoms with Crippen molar-refractivity contribution >= 4 is 23.1 Å². The fourth-order valence-corrected chi connectivity index (χ4v) is 3.39. The van der Waals surface area contributed by atoms with Gasteiger partial charge in [0.2, 0.25) is 5.82 Å². The highest BCUT2D eigenvalue weighted by Gasteiger charge is 2.18. The van der Waals surface area contributed by atoms with Crippen LogP contribution in [0.15, 0.2) is 63.6 Å². The van der Waals surface area contributed by atoms with Gasteiger partial charge in [-0.2, -0.15) is 10.1 Å². The first-order chi connectivity index (χ1) is 11.3. The Bertz CT molecular complexity index is 913. The third-order valence-corrected chi connectivity index (χ3v) is 4.84. The van der Waals surface area contributed by atoms with Gasteiger partial charge in [-0.05, 0) is 29.8 Å². The summed E-state index contributed by atoms with van der Waals surface area (Å²) in [7, 11) is 0. The first-order valence-electron chi connectivity index (χ1n) is 6.92. The van der Waals surface area contributed by atoms with E-state index in [-0.39, 0.29) is 0 Å². The molecule has 0 spiro atoms. The molecule has 0 atom stereocenters. The first kappa shape index (κ1) is 14.2. The zero-order chi connectivity index (χ0) is 15.6. The monoisotopic (exact) mass is 340 g/mol. The van der Waals surface area contributed by atoms with Crippen LogP contribution in [0.4, 0.5) is 0 Å². The summed E-state index contributed by atoms with van der Waals surface area (Å²) in [5.74, 6) is 1.09. The van der Waals surface area contributed by atoms with Gasteiger partial charge in [0.1, 0.15) is 5.03 Å². The number of thioether (sulfide) groups is 1. The topological polar surface area (TPSA) is 56.7 Å². The summed E-state index contributed by atoms with van der Waals surface area (Å²) in [5.41, 5.74) is 1.86. The van der Waals surface area contributed by atoms with Crippen LogP contribution >= 0.6 is 23.1 Å². The van der Waals surface area contributed by atoms with Crippen molar-refractivity contribution in [1.29, 1.82) is 0 Å². The Labute approximate surface area is 141 Å². The van der Waals surface area contributed by atoms with Crippen molar-refractivity contribution in [1.82, 2.24) is 19.9 Å². The van der Waals surface area contributed by atoms with Crippen LogP contribution in [0.1, 0.15) is 0 Å². The minimum atomic E-state index is 0.537. The molecule has 114 valence electrons. The molecule has 3 heterocycles. The molecule has 0 aliphatic heterocycles. The number of nitrogens with zero attached hydrogens (tertiary/aromatic N) is 4. The van der Waals surface area contributed by atoms with Crippen molar-refractivity contribution in [2.75, 3.05) is 6.26 Å². The molecule has 0 amide bonds. The lowest BCUT2D eigenvalue weighted by atomic mass is 10.3. The van der Waals surface area contributed by atoms with E-state index in [0.717, 1.165) is 21.2 Å². The maximum Gasteiger partial charge on any atom is 0.268 e. The number of rotatable bonds is 4. The van der Waals surface area contributed by atoms with Crippen LogP contribution in [0.3, 0.4) is 0 Å². The fourth-order valence-electron chi connectivity index (χ4n) is 2.21. The highest BCUT2D eigenvalue weighted by Crippen LogP contribution is 2.31. The second kappa shape index (κ2) is 6.02. The number of thiophene rings is 1. The Morgan fingerprint density at radius 2 is 2.00 bits per heavy atom. The van der Waals surface area contributed by atoms with Gasteiger partial charge in [-0.3, -0.25) is 0 Å². The second-order valence-corrected chi connectivity index (χ2v) is 6.48. The Balaban J connectivity index is 1.75. The van der Waals surface area contributed by atoms with Crippen LogP contribution in [-0.2, 0) is 0 Å². The van der Waals surface area contributed by atoms with Gasteiger partial charge in [0.15, 0.2) is 0 Å². The van der Waals surface area contributed by atoms with Crippen LogP contribution in [0.2, 0.25) is 0 Å². The third-order valence-electron chi connectivity index (χ3n) is 3.29. The molecular weight excluding hydrogens is 328 g/mol. The largest absolute Gasteiger partial charge is 0.333 e. The molecule has 0 radical (unpaired) electrons. The van der Waals surface area contributed by atoms with E-state index in [1.165, 1.54) is 0 Å². The summed E-state index contributed by atoms with van der Waals surface area (Å²) in [5, 5.41) is 11.6. The summed E-state index contributed by atoms with van der Waals surface area (Å²) in [6.45, 7) is 0. The smallest absolute Gasteiger partial charge is 0.268 e. The SMILES string of the molecule is CSc1nn(-c2ccccc2)cc1-c1noc(-c2cccs2)n1. The number of hydrogen-bond acceptors (Lipinski definition) is 6. The van der Waals surface area contributed by atoms with Gasteiger partial charge < -0.3 is 4.52 Å². The van der Waals surface area contributed by atoms with Gasteiger partial charge in [0, 0.05) is 6.20 Å². The molecule has 0 bridgehead atoms. The summed E-state index contributed by atoms with van der Waals surface area (Å²) in [6.07, 6.45) is 3.92. The molecule has 3 aromatic heterocycles. The molecule has 0 aliphatic carbocycles. The van der Waals surface area contributed by atoms with E-state index < -0.39 is 0 Å². The van der Waals surface area contributed by atoms with Gasteiger partial charge in [0.25, 0.3) is 5.89 Å². The van der Waals surface area contributed by atoms with Crippen molar-refractivity contribution in [3.8, 4) is 27.8 Å². The average molecular weight is 340 g/mol. The number of hydrogen-bond donors (Lipinski definition) is 0. The molecule has 0 saturated carbocycles. The molecule has 7 heteroatoms. The normalized spacial score (nSPS) is 11.0. The van der Waals surface area contributed by atoms with Gasteiger partial charge in [-0.15, -0.1) is 23.1 Å². The maximum atomic E-state index is 5.38. The molecular formula is C16H12N4OS2. The van der Waals surface area contributed by atoms with Crippen LogP contribution in [-0.4, -0.2) is 26.2 Å². The molecule has 0 aliphatic rings.